The van der Waals surface area contributed by atoms with Gasteiger partial charge in [0.15, 0.2) is 11.5 Å². The Morgan fingerprint density at radius 1 is 1.08 bits per heavy atom. The fraction of sp³-hybridized carbons (Fsp3) is 0.632. The highest BCUT2D eigenvalue weighted by molar-refractivity contribution is 5.82. The number of amides is 1. The van der Waals surface area contributed by atoms with Crippen LogP contribution in [0.15, 0.2) is 18.2 Å². The van der Waals surface area contributed by atoms with Crippen LogP contribution in [0.5, 0.6) is 11.5 Å². The largest absolute Gasteiger partial charge is 0.490 e. The molecule has 0 bridgehead atoms. The van der Waals surface area contributed by atoms with E-state index in [0.717, 1.165) is 29.9 Å². The second-order valence-electron chi connectivity index (χ2n) is 6.40. The third kappa shape index (κ3) is 6.04. The summed E-state index contributed by atoms with van der Waals surface area (Å²) in [6.07, 6.45) is 1.86. The van der Waals surface area contributed by atoms with Gasteiger partial charge >= 0.3 is 0 Å². The summed E-state index contributed by atoms with van der Waals surface area (Å²) < 4.78 is 11.5. The summed E-state index contributed by atoms with van der Waals surface area (Å²) in [6, 6.07) is 5.14. The Labute approximate surface area is 145 Å². The Kier molecular flexibility index (Phi) is 8.61. The summed E-state index contributed by atoms with van der Waals surface area (Å²) in [6.45, 7) is 11.2. The van der Waals surface area contributed by atoms with Gasteiger partial charge < -0.3 is 20.5 Å². The van der Waals surface area contributed by atoms with Crippen molar-refractivity contribution in [3.8, 4) is 11.5 Å². The van der Waals surface area contributed by atoms with E-state index in [1.165, 1.54) is 0 Å². The van der Waals surface area contributed by atoms with Crippen molar-refractivity contribution in [2.75, 3.05) is 13.2 Å². The molecule has 0 aliphatic heterocycles. The Bertz CT molecular complexity index is 517. The van der Waals surface area contributed by atoms with E-state index < -0.39 is 6.04 Å². The van der Waals surface area contributed by atoms with Gasteiger partial charge in [0.2, 0.25) is 5.91 Å². The van der Waals surface area contributed by atoms with Crippen LogP contribution in [0.3, 0.4) is 0 Å². The molecule has 1 aromatic carbocycles. The summed E-state index contributed by atoms with van der Waals surface area (Å²) in [5.74, 6) is 1.42. The van der Waals surface area contributed by atoms with Crippen LogP contribution >= 0.6 is 0 Å². The number of benzene rings is 1. The summed E-state index contributed by atoms with van der Waals surface area (Å²) >= 11 is 0. The average molecular weight is 336 g/mol. The number of nitrogens with two attached hydrogens (primary N) is 1. The molecule has 0 aliphatic carbocycles. The third-order valence-corrected chi connectivity index (χ3v) is 3.77. The SMILES string of the molecule is CCCOc1ccc(C(C)NC(=O)[C@@H](N)C(C)C)cc1OCCC. The summed E-state index contributed by atoms with van der Waals surface area (Å²) in [7, 11) is 0. The van der Waals surface area contributed by atoms with Gasteiger partial charge in [0, 0.05) is 0 Å². The molecular weight excluding hydrogens is 304 g/mol. The van der Waals surface area contributed by atoms with Crippen molar-refractivity contribution in [2.45, 2.75) is 59.5 Å². The van der Waals surface area contributed by atoms with Crippen LogP contribution in [0.2, 0.25) is 0 Å². The lowest BCUT2D eigenvalue weighted by atomic mass is 10.0. The minimum atomic E-state index is -0.504. The molecule has 0 fully saturated rings. The Hall–Kier alpha value is -1.75. The van der Waals surface area contributed by atoms with Gasteiger partial charge in [-0.2, -0.15) is 0 Å². The van der Waals surface area contributed by atoms with E-state index in [0.29, 0.717) is 13.2 Å². The van der Waals surface area contributed by atoms with Gasteiger partial charge in [0.05, 0.1) is 25.3 Å². The first-order valence-electron chi connectivity index (χ1n) is 8.86. The first-order valence-corrected chi connectivity index (χ1v) is 8.86. The summed E-state index contributed by atoms with van der Waals surface area (Å²) in [5, 5.41) is 2.96. The molecule has 0 aliphatic rings. The summed E-state index contributed by atoms with van der Waals surface area (Å²) in [5.41, 5.74) is 6.87. The quantitative estimate of drug-likeness (QED) is 0.686. The molecule has 0 spiro atoms. The average Bonchev–Trinajstić information content (AvgIpc) is 2.57. The van der Waals surface area contributed by atoms with Crippen LogP contribution in [0.4, 0.5) is 0 Å². The molecular formula is C19H32N2O3. The van der Waals surface area contributed by atoms with Gasteiger partial charge in [-0.15, -0.1) is 0 Å². The van der Waals surface area contributed by atoms with Crippen LogP contribution < -0.4 is 20.5 Å². The maximum atomic E-state index is 12.1. The molecule has 0 saturated carbocycles. The molecule has 5 heteroatoms. The summed E-state index contributed by atoms with van der Waals surface area (Å²) in [4.78, 5) is 12.1. The van der Waals surface area contributed by atoms with Crippen molar-refractivity contribution >= 4 is 5.91 Å². The third-order valence-electron chi connectivity index (χ3n) is 3.77. The van der Waals surface area contributed by atoms with Gasteiger partial charge in [-0.1, -0.05) is 33.8 Å². The van der Waals surface area contributed by atoms with Gasteiger partial charge in [-0.3, -0.25) is 4.79 Å². The first-order chi connectivity index (χ1) is 11.4. The van der Waals surface area contributed by atoms with E-state index in [2.05, 4.69) is 19.2 Å². The van der Waals surface area contributed by atoms with Crippen molar-refractivity contribution in [3.05, 3.63) is 23.8 Å². The smallest absolute Gasteiger partial charge is 0.237 e. The molecule has 0 saturated heterocycles. The normalized spacial score (nSPS) is 13.5. The van der Waals surface area contributed by atoms with E-state index in [-0.39, 0.29) is 17.9 Å². The minimum absolute atomic E-state index is 0.102. The van der Waals surface area contributed by atoms with Crippen LogP contribution in [0.25, 0.3) is 0 Å². The molecule has 0 radical (unpaired) electrons. The standard InChI is InChI=1S/C19H32N2O3/c1-6-10-23-16-9-8-15(12-17(16)24-11-7-2)14(5)21-19(22)18(20)13(3)4/h8-9,12-14,18H,6-7,10-11,20H2,1-5H3,(H,21,22)/t14?,18-/m0/s1. The molecule has 1 aromatic rings. The zero-order chi connectivity index (χ0) is 18.1. The minimum Gasteiger partial charge on any atom is -0.490 e. The van der Waals surface area contributed by atoms with Crippen LogP contribution in [-0.4, -0.2) is 25.2 Å². The van der Waals surface area contributed by atoms with Crippen molar-refractivity contribution in [1.29, 1.82) is 0 Å². The number of ether oxygens (including phenoxy) is 2. The molecule has 1 amide bonds. The second kappa shape index (κ2) is 10.2. The predicted octanol–water partition coefficient (Wildman–Crippen LogP) is 3.42. The number of carbonyl (C=O) groups excluding carboxylic acids is 1. The zero-order valence-electron chi connectivity index (χ0n) is 15.6. The van der Waals surface area contributed by atoms with Crippen molar-refractivity contribution in [3.63, 3.8) is 0 Å². The zero-order valence-corrected chi connectivity index (χ0v) is 15.6. The number of nitrogens with one attached hydrogen (secondary N) is 1. The topological polar surface area (TPSA) is 73.6 Å². The van der Waals surface area contributed by atoms with E-state index in [1.54, 1.807) is 0 Å². The predicted molar refractivity (Wildman–Crippen MR) is 97.4 cm³/mol. The first kappa shape index (κ1) is 20.3. The molecule has 136 valence electrons. The lowest BCUT2D eigenvalue weighted by molar-refractivity contribution is -0.123. The Morgan fingerprint density at radius 2 is 1.67 bits per heavy atom. The van der Waals surface area contributed by atoms with E-state index in [1.807, 2.05) is 39.0 Å². The van der Waals surface area contributed by atoms with Gasteiger partial charge in [-0.05, 0) is 43.4 Å². The highest BCUT2D eigenvalue weighted by Crippen LogP contribution is 2.31. The maximum Gasteiger partial charge on any atom is 0.237 e. The molecule has 3 N–H and O–H groups in total. The van der Waals surface area contributed by atoms with Crippen LogP contribution in [0.1, 0.15) is 59.1 Å². The Balaban J connectivity index is 2.87. The van der Waals surface area contributed by atoms with Crippen molar-refractivity contribution < 1.29 is 14.3 Å². The molecule has 1 rings (SSSR count). The van der Waals surface area contributed by atoms with Crippen LogP contribution in [0, 0.1) is 5.92 Å². The van der Waals surface area contributed by atoms with Gasteiger partial charge in [0.25, 0.3) is 0 Å². The molecule has 1 unspecified atom stereocenters. The van der Waals surface area contributed by atoms with Gasteiger partial charge in [-0.25, -0.2) is 0 Å². The molecule has 2 atom stereocenters. The highest BCUT2D eigenvalue weighted by atomic mass is 16.5. The van der Waals surface area contributed by atoms with Crippen molar-refractivity contribution in [2.24, 2.45) is 11.7 Å². The second-order valence-corrected chi connectivity index (χ2v) is 6.40. The van der Waals surface area contributed by atoms with E-state index in [4.69, 9.17) is 15.2 Å². The number of carbonyl (C=O) groups is 1. The lowest BCUT2D eigenvalue weighted by Crippen LogP contribution is -2.44. The van der Waals surface area contributed by atoms with Gasteiger partial charge in [0.1, 0.15) is 0 Å². The van der Waals surface area contributed by atoms with Crippen LogP contribution in [-0.2, 0) is 4.79 Å². The fourth-order valence-corrected chi connectivity index (χ4v) is 2.15. The number of rotatable bonds is 10. The Morgan fingerprint density at radius 3 is 2.21 bits per heavy atom. The molecule has 0 heterocycles. The molecule has 5 nitrogen and oxygen atoms in total. The lowest BCUT2D eigenvalue weighted by Gasteiger charge is -2.21. The molecule has 0 aromatic heterocycles. The van der Waals surface area contributed by atoms with E-state index >= 15 is 0 Å². The van der Waals surface area contributed by atoms with Crippen molar-refractivity contribution in [1.82, 2.24) is 5.32 Å². The maximum absolute atomic E-state index is 12.1. The van der Waals surface area contributed by atoms with E-state index in [9.17, 15) is 4.79 Å². The number of hydrogen-bond donors (Lipinski definition) is 2. The highest BCUT2D eigenvalue weighted by Gasteiger charge is 2.20. The number of hydrogen-bond acceptors (Lipinski definition) is 4. The monoisotopic (exact) mass is 336 g/mol. The fourth-order valence-electron chi connectivity index (χ4n) is 2.15. The molecule has 24 heavy (non-hydrogen) atoms.